The fourth-order valence-electron chi connectivity index (χ4n) is 4.54. The highest BCUT2D eigenvalue weighted by Gasteiger charge is 2.22. The summed E-state index contributed by atoms with van der Waals surface area (Å²) >= 11 is 0. The quantitative estimate of drug-likeness (QED) is 0.104. The maximum absolute atomic E-state index is 12.8. The van der Waals surface area contributed by atoms with E-state index in [1.807, 2.05) is 37.3 Å². The number of benzene rings is 4. The highest BCUT2D eigenvalue weighted by atomic mass is 16.7. The van der Waals surface area contributed by atoms with Crippen molar-refractivity contribution in [2.24, 2.45) is 0 Å². The van der Waals surface area contributed by atoms with Crippen molar-refractivity contribution in [1.82, 2.24) is 0 Å². The van der Waals surface area contributed by atoms with Crippen molar-refractivity contribution in [1.29, 1.82) is 0 Å². The minimum Gasteiger partial charge on any atom is -0.460 e. The molecule has 37 heavy (non-hydrogen) atoms. The molecule has 1 aliphatic heterocycles. The van der Waals surface area contributed by atoms with Crippen LogP contribution in [0.2, 0.25) is 0 Å². The van der Waals surface area contributed by atoms with E-state index < -0.39 is 6.29 Å². The van der Waals surface area contributed by atoms with E-state index in [0.29, 0.717) is 40.2 Å². The number of ether oxygens (including phenoxy) is 2. The van der Waals surface area contributed by atoms with Gasteiger partial charge in [-0.15, -0.1) is 0 Å². The molecule has 0 N–H and O–H groups in total. The molecule has 0 saturated heterocycles. The van der Waals surface area contributed by atoms with E-state index in [2.05, 4.69) is 0 Å². The summed E-state index contributed by atoms with van der Waals surface area (Å²) in [5.74, 6) is 0.876. The van der Waals surface area contributed by atoms with Crippen LogP contribution in [-0.2, 0) is 4.74 Å². The number of hydrogen-bond donors (Lipinski definition) is 0. The molecule has 6 nitrogen and oxygen atoms in total. The zero-order valence-electron chi connectivity index (χ0n) is 20.4. The molecule has 1 aliphatic carbocycles. The van der Waals surface area contributed by atoms with Gasteiger partial charge in [0.25, 0.3) is 0 Å². The van der Waals surface area contributed by atoms with Gasteiger partial charge in [-0.2, -0.15) is 0 Å². The van der Waals surface area contributed by atoms with Crippen molar-refractivity contribution in [2.45, 2.75) is 19.6 Å². The van der Waals surface area contributed by atoms with Crippen molar-refractivity contribution >= 4 is 23.0 Å². The van der Waals surface area contributed by atoms with Crippen LogP contribution in [0.25, 0.3) is 33.4 Å². The van der Waals surface area contributed by atoms with Gasteiger partial charge < -0.3 is 13.9 Å². The molecule has 5 rings (SSSR count). The summed E-state index contributed by atoms with van der Waals surface area (Å²) in [7, 11) is 1.50. The third-order valence-corrected chi connectivity index (χ3v) is 6.32. The molecule has 3 aromatic carbocycles. The Balaban J connectivity index is 1.70. The van der Waals surface area contributed by atoms with E-state index in [4.69, 9.17) is 13.9 Å². The zero-order valence-corrected chi connectivity index (χ0v) is 20.4. The standard InChI is InChI=1S/C31H24O6/c1-3-27(34)23-10-6-7-11-24(23)30-25-14-12-20(33)16-28(25)37-29-17-21(13-15-26(29)30)36-31(35-2)22-9-5-4-8-19(22)18-32/h4-18,31H,3H2,1-2H3. The number of hydrogen-bond acceptors (Lipinski definition) is 6. The molecular formula is C31H24O6. The number of ketones is 1. The van der Waals surface area contributed by atoms with Gasteiger partial charge in [-0.25, -0.2) is 0 Å². The first kappa shape index (κ1) is 24.2. The normalized spacial score (nSPS) is 11.9. The Hall–Kier alpha value is -4.55. The average Bonchev–Trinajstić information content (AvgIpc) is 2.94. The molecule has 0 bridgehead atoms. The van der Waals surface area contributed by atoms with Crippen molar-refractivity contribution in [3.8, 4) is 28.2 Å². The number of carbonyl (C=O) groups excluding carboxylic acids is 2. The largest absolute Gasteiger partial charge is 0.460 e. The summed E-state index contributed by atoms with van der Waals surface area (Å²) in [5, 5.41) is 0.761. The smallest absolute Gasteiger partial charge is 0.227 e. The lowest BCUT2D eigenvalue weighted by Crippen LogP contribution is -2.12. The summed E-state index contributed by atoms with van der Waals surface area (Å²) in [6, 6.07) is 24.5. The fourth-order valence-corrected chi connectivity index (χ4v) is 4.54. The van der Waals surface area contributed by atoms with Gasteiger partial charge in [-0.1, -0.05) is 55.5 Å². The number of fused-ring (bicyclic) bond motifs is 2. The van der Waals surface area contributed by atoms with Gasteiger partial charge in [0.1, 0.15) is 17.1 Å². The van der Waals surface area contributed by atoms with Crippen LogP contribution in [0, 0.1) is 0 Å². The Morgan fingerprint density at radius 3 is 2.51 bits per heavy atom. The van der Waals surface area contributed by atoms with Crippen LogP contribution in [0.5, 0.6) is 5.75 Å². The lowest BCUT2D eigenvalue weighted by Gasteiger charge is -2.20. The van der Waals surface area contributed by atoms with Crippen molar-refractivity contribution in [3.05, 3.63) is 112 Å². The van der Waals surface area contributed by atoms with Crippen LogP contribution in [0.1, 0.15) is 45.9 Å². The summed E-state index contributed by atoms with van der Waals surface area (Å²) in [6.07, 6.45) is 0.303. The molecule has 1 atom stereocenters. The molecule has 6 heteroatoms. The van der Waals surface area contributed by atoms with Gasteiger partial charge in [0.2, 0.25) is 6.29 Å². The first-order valence-electron chi connectivity index (χ1n) is 11.9. The van der Waals surface area contributed by atoms with E-state index in [9.17, 15) is 14.4 Å². The SMILES string of the molecule is CCC(=O)c1ccccc1-c1c2ccc(=O)cc-2oc2cc(OC(OC)c3ccccc3C=O)ccc12. The van der Waals surface area contributed by atoms with E-state index in [-0.39, 0.29) is 11.2 Å². The molecular weight excluding hydrogens is 468 g/mol. The molecule has 1 unspecified atom stereocenters. The summed E-state index contributed by atoms with van der Waals surface area (Å²) in [6.45, 7) is 1.83. The Morgan fingerprint density at radius 1 is 0.946 bits per heavy atom. The van der Waals surface area contributed by atoms with E-state index in [1.54, 1.807) is 42.5 Å². The van der Waals surface area contributed by atoms with Crippen LogP contribution in [-0.4, -0.2) is 19.2 Å². The predicted molar refractivity (Wildman–Crippen MR) is 141 cm³/mol. The summed E-state index contributed by atoms with van der Waals surface area (Å²) in [5.41, 5.74) is 4.26. The molecule has 0 aromatic heterocycles. The molecule has 0 fully saturated rings. The van der Waals surface area contributed by atoms with E-state index >= 15 is 0 Å². The minimum atomic E-state index is -0.824. The van der Waals surface area contributed by atoms with E-state index in [1.165, 1.54) is 19.2 Å². The van der Waals surface area contributed by atoms with Gasteiger partial charge >= 0.3 is 0 Å². The monoisotopic (exact) mass is 492 g/mol. The van der Waals surface area contributed by atoms with Crippen molar-refractivity contribution in [3.63, 3.8) is 0 Å². The molecule has 0 saturated carbocycles. The number of methoxy groups -OCH3 is 1. The maximum atomic E-state index is 12.8. The second kappa shape index (κ2) is 10.2. The Bertz CT molecular complexity index is 1650. The van der Waals surface area contributed by atoms with Crippen molar-refractivity contribution < 1.29 is 23.5 Å². The van der Waals surface area contributed by atoms with Crippen LogP contribution in [0.3, 0.4) is 0 Å². The van der Waals surface area contributed by atoms with Crippen LogP contribution >= 0.6 is 0 Å². The third-order valence-electron chi connectivity index (χ3n) is 6.32. The highest BCUT2D eigenvalue weighted by molar-refractivity contribution is 6.09. The lowest BCUT2D eigenvalue weighted by atomic mass is 9.89. The Morgan fingerprint density at radius 2 is 1.73 bits per heavy atom. The molecule has 0 amide bonds. The Kier molecular flexibility index (Phi) is 6.66. The summed E-state index contributed by atoms with van der Waals surface area (Å²) in [4.78, 5) is 36.5. The molecule has 1 heterocycles. The van der Waals surface area contributed by atoms with E-state index in [0.717, 1.165) is 28.4 Å². The Labute approximate surface area is 213 Å². The lowest BCUT2D eigenvalue weighted by molar-refractivity contribution is -0.0564. The predicted octanol–water partition coefficient (Wildman–Crippen LogP) is 6.69. The number of carbonyl (C=O) groups is 2. The maximum Gasteiger partial charge on any atom is 0.227 e. The van der Waals surface area contributed by atoms with Crippen LogP contribution in [0.15, 0.2) is 94.1 Å². The number of aldehydes is 1. The van der Waals surface area contributed by atoms with Gasteiger partial charge in [-0.05, 0) is 29.8 Å². The first-order chi connectivity index (χ1) is 18.0. The van der Waals surface area contributed by atoms with Crippen LogP contribution in [0.4, 0.5) is 0 Å². The average molecular weight is 493 g/mol. The summed E-state index contributed by atoms with van der Waals surface area (Å²) < 4.78 is 17.8. The topological polar surface area (TPSA) is 82.8 Å². The minimum absolute atomic E-state index is 0.0230. The first-order valence-corrected chi connectivity index (χ1v) is 11.9. The second-order valence-corrected chi connectivity index (χ2v) is 8.55. The van der Waals surface area contributed by atoms with Crippen molar-refractivity contribution in [2.75, 3.05) is 7.11 Å². The van der Waals surface area contributed by atoms with Gasteiger partial charge in [0.15, 0.2) is 17.5 Å². The third kappa shape index (κ3) is 4.55. The highest BCUT2D eigenvalue weighted by Crippen LogP contribution is 2.42. The fraction of sp³-hybridized carbons (Fsp3) is 0.129. The molecule has 184 valence electrons. The van der Waals surface area contributed by atoms with Crippen LogP contribution < -0.4 is 10.2 Å². The number of rotatable bonds is 8. The molecule has 3 aromatic rings. The molecule has 0 radical (unpaired) electrons. The zero-order chi connectivity index (χ0) is 25.9. The second-order valence-electron chi connectivity index (χ2n) is 8.55. The molecule has 0 spiro atoms. The van der Waals surface area contributed by atoms with Gasteiger partial charge in [-0.3, -0.25) is 14.4 Å². The molecule has 2 aliphatic rings. The number of Topliss-reactive ketones (excluding diaryl/α,β-unsaturated/α-hetero) is 1. The van der Waals surface area contributed by atoms with Gasteiger partial charge in [0, 0.05) is 58.9 Å². The van der Waals surface area contributed by atoms with Gasteiger partial charge in [0.05, 0.1) is 0 Å².